The summed E-state index contributed by atoms with van der Waals surface area (Å²) in [5.74, 6) is -2.54. The molecule has 2 amide bonds. The Morgan fingerprint density at radius 1 is 1.18 bits per heavy atom. The molecule has 1 saturated heterocycles. The van der Waals surface area contributed by atoms with Crippen molar-refractivity contribution in [2.45, 2.75) is 19.5 Å². The first-order chi connectivity index (χ1) is 15.8. The second-order valence-electron chi connectivity index (χ2n) is 7.84. The van der Waals surface area contributed by atoms with Crippen LogP contribution in [0.4, 0.5) is 0 Å². The predicted octanol–water partition coefficient (Wildman–Crippen LogP) is 1.91. The minimum Gasteiger partial charge on any atom is -0.481 e. The number of aliphatic carboxylic acids is 1. The number of carboxylic acids is 1. The number of carbonyl (C=O) groups excluding carboxylic acids is 2. The van der Waals surface area contributed by atoms with Gasteiger partial charge in [-0.05, 0) is 42.3 Å². The Bertz CT molecular complexity index is 1290. The van der Waals surface area contributed by atoms with Crippen LogP contribution in [-0.2, 0) is 22.7 Å². The van der Waals surface area contributed by atoms with Gasteiger partial charge in [-0.1, -0.05) is 23.7 Å². The summed E-state index contributed by atoms with van der Waals surface area (Å²) in [4.78, 5) is 55.7. The summed E-state index contributed by atoms with van der Waals surface area (Å²) in [5.41, 5.74) is 0.339. The second-order valence-corrected chi connectivity index (χ2v) is 8.27. The smallest absolute Gasteiger partial charge is 0.308 e. The third-order valence-corrected chi connectivity index (χ3v) is 5.89. The lowest BCUT2D eigenvalue weighted by molar-refractivity contribution is -0.141. The molecule has 3 heterocycles. The molecule has 33 heavy (non-hydrogen) atoms. The highest BCUT2D eigenvalue weighted by molar-refractivity contribution is 6.30. The van der Waals surface area contributed by atoms with Crippen LogP contribution >= 0.6 is 11.6 Å². The maximum Gasteiger partial charge on any atom is 0.308 e. The molecule has 1 aliphatic rings. The highest BCUT2D eigenvalue weighted by Gasteiger charge is 2.31. The maximum atomic E-state index is 13.2. The Labute approximate surface area is 193 Å². The van der Waals surface area contributed by atoms with Crippen molar-refractivity contribution in [3.05, 3.63) is 75.2 Å². The molecule has 1 aromatic carbocycles. The Balaban J connectivity index is 1.60. The number of carboxylic acid groups (broad SMARTS) is 1. The SMILES string of the molecule is O=C(NCc1ccc(Cl)cc1)c1cc2cccnc2n(CC(=O)N2CCC(C(=O)O)C2)c1=O. The number of hydrogen-bond acceptors (Lipinski definition) is 5. The molecule has 4 rings (SSSR count). The standard InChI is InChI=1S/C23H21ClN4O5/c24-17-5-3-14(4-6-17)11-26-21(30)18-10-15-2-1-8-25-20(15)28(22(18)31)13-19(29)27-9-7-16(12-27)23(32)33/h1-6,8,10,16H,7,9,11-13H2,(H,26,30)(H,32,33). The van der Waals surface area contributed by atoms with E-state index in [9.17, 15) is 24.3 Å². The summed E-state index contributed by atoms with van der Waals surface area (Å²) < 4.78 is 1.17. The lowest BCUT2D eigenvalue weighted by atomic mass is 10.1. The lowest BCUT2D eigenvalue weighted by Crippen LogP contribution is -2.38. The van der Waals surface area contributed by atoms with Crippen molar-refractivity contribution in [3.63, 3.8) is 0 Å². The van der Waals surface area contributed by atoms with Gasteiger partial charge in [0, 0.05) is 36.2 Å². The molecule has 2 N–H and O–H groups in total. The van der Waals surface area contributed by atoms with Crippen LogP contribution in [0.2, 0.25) is 5.02 Å². The van der Waals surface area contributed by atoms with E-state index in [4.69, 9.17) is 11.6 Å². The number of hydrogen-bond donors (Lipinski definition) is 2. The summed E-state index contributed by atoms with van der Waals surface area (Å²) in [6.07, 6.45) is 1.86. The zero-order valence-electron chi connectivity index (χ0n) is 17.5. The van der Waals surface area contributed by atoms with Crippen molar-refractivity contribution >= 4 is 40.4 Å². The van der Waals surface area contributed by atoms with Crippen LogP contribution in [0, 0.1) is 5.92 Å². The number of pyridine rings is 2. The first-order valence-electron chi connectivity index (χ1n) is 10.4. The van der Waals surface area contributed by atoms with Gasteiger partial charge in [0.05, 0.1) is 5.92 Å². The molecular formula is C23H21ClN4O5. The number of nitrogens with one attached hydrogen (secondary N) is 1. The van der Waals surface area contributed by atoms with Crippen LogP contribution in [0.1, 0.15) is 22.3 Å². The van der Waals surface area contributed by atoms with Gasteiger partial charge in [0.15, 0.2) is 0 Å². The Morgan fingerprint density at radius 2 is 1.94 bits per heavy atom. The zero-order chi connectivity index (χ0) is 23.5. The van der Waals surface area contributed by atoms with Crippen LogP contribution in [0.25, 0.3) is 11.0 Å². The van der Waals surface area contributed by atoms with Crippen molar-refractivity contribution < 1.29 is 19.5 Å². The predicted molar refractivity (Wildman–Crippen MR) is 121 cm³/mol. The quantitative estimate of drug-likeness (QED) is 0.570. The van der Waals surface area contributed by atoms with E-state index < -0.39 is 29.3 Å². The fourth-order valence-electron chi connectivity index (χ4n) is 3.82. The van der Waals surface area contributed by atoms with Crippen molar-refractivity contribution in [2.75, 3.05) is 13.1 Å². The third-order valence-electron chi connectivity index (χ3n) is 5.64. The fourth-order valence-corrected chi connectivity index (χ4v) is 3.95. The molecule has 1 fully saturated rings. The molecule has 10 heteroatoms. The molecule has 0 spiro atoms. The fraction of sp³-hybridized carbons (Fsp3) is 0.261. The summed E-state index contributed by atoms with van der Waals surface area (Å²) in [5, 5.41) is 13.0. The maximum absolute atomic E-state index is 13.2. The summed E-state index contributed by atoms with van der Waals surface area (Å²) in [6.45, 7) is 0.257. The van der Waals surface area contributed by atoms with Crippen LogP contribution in [0.5, 0.6) is 0 Å². The summed E-state index contributed by atoms with van der Waals surface area (Å²) >= 11 is 5.88. The molecule has 0 radical (unpaired) electrons. The molecule has 1 unspecified atom stereocenters. The second kappa shape index (κ2) is 9.41. The monoisotopic (exact) mass is 468 g/mol. The molecule has 9 nitrogen and oxygen atoms in total. The van der Waals surface area contributed by atoms with E-state index in [1.807, 2.05) is 0 Å². The minimum atomic E-state index is -0.950. The number of likely N-dealkylation sites (tertiary alicyclic amines) is 1. The average molecular weight is 469 g/mol. The van der Waals surface area contributed by atoms with Gasteiger partial charge in [0.25, 0.3) is 11.5 Å². The number of halogens is 1. The zero-order valence-corrected chi connectivity index (χ0v) is 18.3. The van der Waals surface area contributed by atoms with Gasteiger partial charge in [0.2, 0.25) is 5.91 Å². The normalized spacial score (nSPS) is 15.5. The Hall–Kier alpha value is -3.72. The molecule has 170 valence electrons. The lowest BCUT2D eigenvalue weighted by Gasteiger charge is -2.18. The van der Waals surface area contributed by atoms with Crippen molar-refractivity contribution in [2.24, 2.45) is 5.92 Å². The van der Waals surface area contributed by atoms with Gasteiger partial charge in [-0.2, -0.15) is 0 Å². The van der Waals surface area contributed by atoms with Crippen LogP contribution < -0.4 is 10.9 Å². The average Bonchev–Trinajstić information content (AvgIpc) is 3.31. The van der Waals surface area contributed by atoms with Gasteiger partial charge >= 0.3 is 5.97 Å². The Morgan fingerprint density at radius 3 is 2.64 bits per heavy atom. The molecule has 0 bridgehead atoms. The molecule has 2 aromatic heterocycles. The van der Waals surface area contributed by atoms with Gasteiger partial charge in [-0.15, -0.1) is 0 Å². The number of amides is 2. The van der Waals surface area contributed by atoms with Crippen LogP contribution in [0.15, 0.2) is 53.5 Å². The van der Waals surface area contributed by atoms with Gasteiger partial charge < -0.3 is 15.3 Å². The highest BCUT2D eigenvalue weighted by Crippen LogP contribution is 2.18. The van der Waals surface area contributed by atoms with E-state index in [1.165, 1.54) is 21.7 Å². The van der Waals surface area contributed by atoms with Crippen molar-refractivity contribution in [3.8, 4) is 0 Å². The minimum absolute atomic E-state index is 0.0928. The number of aromatic nitrogens is 2. The van der Waals surface area contributed by atoms with Crippen molar-refractivity contribution in [1.82, 2.24) is 19.8 Å². The van der Waals surface area contributed by atoms with Crippen LogP contribution in [-0.4, -0.2) is 50.4 Å². The van der Waals surface area contributed by atoms with E-state index in [1.54, 1.807) is 36.4 Å². The molecule has 3 aromatic rings. The molecule has 1 atom stereocenters. The van der Waals surface area contributed by atoms with E-state index in [2.05, 4.69) is 10.3 Å². The molecule has 0 saturated carbocycles. The Kier molecular flexibility index (Phi) is 6.41. The third kappa shape index (κ3) is 4.88. The van der Waals surface area contributed by atoms with Gasteiger partial charge in [-0.25, -0.2) is 4.98 Å². The van der Waals surface area contributed by atoms with E-state index in [0.29, 0.717) is 23.4 Å². The van der Waals surface area contributed by atoms with Crippen LogP contribution in [0.3, 0.4) is 0 Å². The first-order valence-corrected chi connectivity index (χ1v) is 10.7. The number of fused-ring (bicyclic) bond motifs is 1. The van der Waals surface area contributed by atoms with E-state index in [-0.39, 0.29) is 30.8 Å². The number of rotatable bonds is 6. The van der Waals surface area contributed by atoms with E-state index in [0.717, 1.165) is 5.56 Å². The number of carbonyl (C=O) groups is 3. The number of nitrogens with zero attached hydrogens (tertiary/aromatic N) is 3. The van der Waals surface area contributed by atoms with Gasteiger partial charge in [-0.3, -0.25) is 23.7 Å². The summed E-state index contributed by atoms with van der Waals surface area (Å²) in [7, 11) is 0. The highest BCUT2D eigenvalue weighted by atomic mass is 35.5. The molecule has 1 aliphatic heterocycles. The largest absolute Gasteiger partial charge is 0.481 e. The first kappa shape index (κ1) is 22.5. The van der Waals surface area contributed by atoms with E-state index >= 15 is 0 Å². The topological polar surface area (TPSA) is 122 Å². The van der Waals surface area contributed by atoms with Gasteiger partial charge in [0.1, 0.15) is 17.8 Å². The number of benzene rings is 1. The molecule has 0 aliphatic carbocycles. The molecular weight excluding hydrogens is 448 g/mol. The summed E-state index contributed by atoms with van der Waals surface area (Å²) in [6, 6.07) is 11.8. The van der Waals surface area contributed by atoms with Crippen molar-refractivity contribution in [1.29, 1.82) is 0 Å².